The summed E-state index contributed by atoms with van der Waals surface area (Å²) in [5.74, 6) is 0.421. The Kier molecular flexibility index (Phi) is 5.21. The Morgan fingerprint density at radius 1 is 1.08 bits per heavy atom. The number of piperidine rings is 1. The van der Waals surface area contributed by atoms with Crippen LogP contribution in [0.3, 0.4) is 0 Å². The summed E-state index contributed by atoms with van der Waals surface area (Å²) >= 11 is 1.53. The number of fused-ring (bicyclic) bond motifs is 1. The molecular formula is C18H21FN6S. The smallest absolute Gasteiger partial charge is 0.185 e. The number of thiazole rings is 1. The van der Waals surface area contributed by atoms with Gasteiger partial charge in [-0.05, 0) is 50.2 Å². The van der Waals surface area contributed by atoms with Crippen LogP contribution in [0, 0.1) is 5.82 Å². The van der Waals surface area contributed by atoms with Gasteiger partial charge in [-0.2, -0.15) is 4.98 Å². The number of anilines is 3. The molecule has 0 amide bonds. The largest absolute Gasteiger partial charge is 0.360 e. The summed E-state index contributed by atoms with van der Waals surface area (Å²) in [5, 5.41) is 7.46. The summed E-state index contributed by atoms with van der Waals surface area (Å²) < 4.78 is 13.9. The normalized spacial score (nSPS) is 15.3. The van der Waals surface area contributed by atoms with E-state index < -0.39 is 0 Å². The zero-order valence-electron chi connectivity index (χ0n) is 14.4. The molecule has 0 unspecified atom stereocenters. The fourth-order valence-electron chi connectivity index (χ4n) is 3.09. The fraction of sp³-hybridized carbons (Fsp3) is 0.389. The number of nitrogens with one attached hydrogen (secondary N) is 2. The number of nitrogens with zero attached hydrogens (tertiary/aromatic N) is 4. The zero-order valence-corrected chi connectivity index (χ0v) is 15.2. The van der Waals surface area contributed by atoms with Gasteiger partial charge in [-0.25, -0.2) is 14.4 Å². The molecule has 0 bridgehead atoms. The van der Waals surface area contributed by atoms with Crippen molar-refractivity contribution in [3.8, 4) is 0 Å². The molecule has 6 nitrogen and oxygen atoms in total. The molecule has 1 saturated heterocycles. The van der Waals surface area contributed by atoms with Gasteiger partial charge in [0.1, 0.15) is 16.8 Å². The summed E-state index contributed by atoms with van der Waals surface area (Å²) in [4.78, 5) is 15.6. The number of hydrogen-bond acceptors (Lipinski definition) is 7. The van der Waals surface area contributed by atoms with Crippen molar-refractivity contribution in [2.45, 2.75) is 19.3 Å². The van der Waals surface area contributed by atoms with Gasteiger partial charge in [0, 0.05) is 18.8 Å². The van der Waals surface area contributed by atoms with E-state index >= 15 is 0 Å². The summed E-state index contributed by atoms with van der Waals surface area (Å²) in [5.41, 5.74) is 1.44. The molecule has 2 N–H and O–H groups in total. The van der Waals surface area contributed by atoms with Crippen LogP contribution in [-0.2, 0) is 0 Å². The quantitative estimate of drug-likeness (QED) is 0.685. The average Bonchev–Trinajstić information content (AvgIpc) is 3.08. The molecule has 2 aromatic heterocycles. The summed E-state index contributed by atoms with van der Waals surface area (Å²) in [6.07, 6.45) is 5.44. The summed E-state index contributed by atoms with van der Waals surface area (Å²) in [6.45, 7) is 4.29. The highest BCUT2D eigenvalue weighted by atomic mass is 32.1. The van der Waals surface area contributed by atoms with Gasteiger partial charge in [-0.1, -0.05) is 17.8 Å². The third kappa shape index (κ3) is 4.08. The molecule has 0 saturated carbocycles. The lowest BCUT2D eigenvalue weighted by atomic mass is 10.1. The molecule has 26 heavy (non-hydrogen) atoms. The minimum Gasteiger partial charge on any atom is -0.360 e. The highest BCUT2D eigenvalue weighted by molar-refractivity contribution is 7.22. The Labute approximate surface area is 155 Å². The van der Waals surface area contributed by atoms with Gasteiger partial charge in [0.15, 0.2) is 16.6 Å². The summed E-state index contributed by atoms with van der Waals surface area (Å²) in [6, 6.07) is 6.20. The van der Waals surface area contributed by atoms with Crippen LogP contribution in [0.2, 0.25) is 0 Å². The van der Waals surface area contributed by atoms with Crippen LogP contribution >= 0.6 is 11.3 Å². The van der Waals surface area contributed by atoms with Gasteiger partial charge in [0.05, 0.1) is 0 Å². The van der Waals surface area contributed by atoms with Crippen molar-refractivity contribution >= 4 is 38.3 Å². The number of benzene rings is 1. The Hall–Kier alpha value is -2.32. The third-order valence-corrected chi connectivity index (χ3v) is 5.46. The van der Waals surface area contributed by atoms with E-state index in [4.69, 9.17) is 0 Å². The van der Waals surface area contributed by atoms with Gasteiger partial charge >= 0.3 is 0 Å². The molecular weight excluding hydrogens is 351 g/mol. The van der Waals surface area contributed by atoms with Gasteiger partial charge in [-0.3, -0.25) is 0 Å². The molecule has 0 aliphatic carbocycles. The van der Waals surface area contributed by atoms with Crippen LogP contribution in [0.4, 0.5) is 21.0 Å². The van der Waals surface area contributed by atoms with Crippen LogP contribution in [0.5, 0.6) is 0 Å². The summed E-state index contributed by atoms with van der Waals surface area (Å²) in [7, 11) is 0. The number of hydrogen-bond donors (Lipinski definition) is 2. The molecule has 0 spiro atoms. The highest BCUT2D eigenvalue weighted by Gasteiger charge is 2.12. The van der Waals surface area contributed by atoms with E-state index in [0.29, 0.717) is 11.5 Å². The lowest BCUT2D eigenvalue weighted by Crippen LogP contribution is -2.33. The Morgan fingerprint density at radius 3 is 2.69 bits per heavy atom. The van der Waals surface area contributed by atoms with Gasteiger partial charge in [-0.15, -0.1) is 0 Å². The minimum atomic E-state index is -0.263. The average molecular weight is 372 g/mol. The second-order valence-corrected chi connectivity index (χ2v) is 7.35. The lowest BCUT2D eigenvalue weighted by molar-refractivity contribution is 0.237. The van der Waals surface area contributed by atoms with E-state index in [9.17, 15) is 4.39 Å². The predicted molar refractivity (Wildman–Crippen MR) is 104 cm³/mol. The Bertz CT molecular complexity index is 860. The SMILES string of the molecule is Fc1ccc(Nc2ncnc3nc(NCCN4CCCCC4)sc23)cc1. The molecule has 3 aromatic rings. The number of rotatable bonds is 6. The second-order valence-electron chi connectivity index (χ2n) is 6.35. The number of halogens is 1. The van der Waals surface area contributed by atoms with E-state index in [-0.39, 0.29) is 5.82 Å². The molecule has 1 aliphatic rings. The van der Waals surface area contributed by atoms with E-state index in [2.05, 4.69) is 30.5 Å². The van der Waals surface area contributed by atoms with Gasteiger partial charge < -0.3 is 15.5 Å². The first-order valence-electron chi connectivity index (χ1n) is 8.88. The predicted octanol–water partition coefficient (Wildman–Crippen LogP) is 3.87. The van der Waals surface area contributed by atoms with Crippen LogP contribution in [0.15, 0.2) is 30.6 Å². The number of likely N-dealkylation sites (tertiary alicyclic amines) is 1. The molecule has 1 aromatic carbocycles. The van der Waals surface area contributed by atoms with E-state index in [1.807, 2.05) is 0 Å². The molecule has 0 atom stereocenters. The minimum absolute atomic E-state index is 0.263. The van der Waals surface area contributed by atoms with Crippen molar-refractivity contribution in [1.29, 1.82) is 0 Å². The van der Waals surface area contributed by atoms with Crippen molar-refractivity contribution in [3.63, 3.8) is 0 Å². The first kappa shape index (κ1) is 17.1. The van der Waals surface area contributed by atoms with E-state index in [0.717, 1.165) is 28.6 Å². The monoisotopic (exact) mass is 372 g/mol. The van der Waals surface area contributed by atoms with E-state index in [1.54, 1.807) is 12.1 Å². The molecule has 4 rings (SSSR count). The topological polar surface area (TPSA) is 66.0 Å². The standard InChI is InChI=1S/C18H21FN6S/c19-13-4-6-14(7-5-13)23-16-15-17(22-12-21-16)24-18(26-15)20-8-11-25-9-2-1-3-10-25/h4-7,12H,1-3,8-11H2,(H2,20,21,22,23,24). The van der Waals surface area contributed by atoms with Crippen LogP contribution < -0.4 is 10.6 Å². The maximum Gasteiger partial charge on any atom is 0.185 e. The maximum atomic E-state index is 13.1. The van der Waals surface area contributed by atoms with Crippen molar-refractivity contribution in [2.24, 2.45) is 0 Å². The Morgan fingerprint density at radius 2 is 1.88 bits per heavy atom. The second kappa shape index (κ2) is 7.92. The highest BCUT2D eigenvalue weighted by Crippen LogP contribution is 2.31. The van der Waals surface area contributed by atoms with Crippen molar-refractivity contribution in [1.82, 2.24) is 19.9 Å². The van der Waals surface area contributed by atoms with E-state index in [1.165, 1.54) is 62.1 Å². The molecule has 3 heterocycles. The molecule has 8 heteroatoms. The van der Waals surface area contributed by atoms with Gasteiger partial charge in [0.2, 0.25) is 0 Å². The number of aromatic nitrogens is 3. The van der Waals surface area contributed by atoms with Crippen molar-refractivity contribution < 1.29 is 4.39 Å². The molecule has 1 fully saturated rings. The fourth-order valence-corrected chi connectivity index (χ4v) is 3.98. The Balaban J connectivity index is 1.43. The maximum absolute atomic E-state index is 13.1. The molecule has 136 valence electrons. The first-order chi connectivity index (χ1) is 12.8. The molecule has 1 aliphatic heterocycles. The first-order valence-corrected chi connectivity index (χ1v) is 9.70. The third-order valence-electron chi connectivity index (χ3n) is 4.45. The van der Waals surface area contributed by atoms with Crippen molar-refractivity contribution in [3.05, 3.63) is 36.4 Å². The van der Waals surface area contributed by atoms with Crippen LogP contribution in [0.25, 0.3) is 10.3 Å². The zero-order chi connectivity index (χ0) is 17.8. The van der Waals surface area contributed by atoms with Gasteiger partial charge in [0.25, 0.3) is 0 Å². The lowest BCUT2D eigenvalue weighted by Gasteiger charge is -2.26. The van der Waals surface area contributed by atoms with Crippen LogP contribution in [-0.4, -0.2) is 46.0 Å². The van der Waals surface area contributed by atoms with Crippen LogP contribution in [0.1, 0.15) is 19.3 Å². The molecule has 0 radical (unpaired) electrons. The van der Waals surface area contributed by atoms with Crippen molar-refractivity contribution in [2.75, 3.05) is 36.8 Å².